The number of carboxylic acid groups (broad SMARTS) is 1. The zero-order valence-corrected chi connectivity index (χ0v) is 11.5. The van der Waals surface area contributed by atoms with E-state index in [1.54, 1.807) is 0 Å². The van der Waals surface area contributed by atoms with Crippen LogP contribution in [0.25, 0.3) is 0 Å². The number of hydrogen-bond donors (Lipinski definition) is 3. The van der Waals surface area contributed by atoms with Crippen molar-refractivity contribution in [3.63, 3.8) is 0 Å². The predicted octanol–water partition coefficient (Wildman–Crippen LogP) is 0.450. The van der Waals surface area contributed by atoms with Crippen LogP contribution in [0.2, 0.25) is 0 Å². The van der Waals surface area contributed by atoms with Gasteiger partial charge in [0, 0.05) is 11.8 Å². The largest absolute Gasteiger partial charge is 0.481 e. The molecule has 0 radical (unpaired) electrons. The Hall–Kier alpha value is -1.94. The summed E-state index contributed by atoms with van der Waals surface area (Å²) in [4.78, 5) is 48.3. The molecule has 3 amide bonds. The van der Waals surface area contributed by atoms with Crippen molar-refractivity contribution >= 4 is 51.3 Å². The number of thioether (sulfide) groups is 1. The van der Waals surface area contributed by atoms with Crippen LogP contribution in [0.4, 0.5) is 9.93 Å². The van der Waals surface area contributed by atoms with Gasteiger partial charge in [0.25, 0.3) is 5.24 Å². The summed E-state index contributed by atoms with van der Waals surface area (Å²) in [6, 6.07) is 0. The minimum Gasteiger partial charge on any atom is -0.481 e. The molecular formula is C10H9N3O5S2. The highest BCUT2D eigenvalue weighted by molar-refractivity contribution is 8.15. The smallest absolute Gasteiger partial charge is 0.309 e. The van der Waals surface area contributed by atoms with E-state index in [0.717, 1.165) is 23.1 Å². The Balaban J connectivity index is 1.88. The summed E-state index contributed by atoms with van der Waals surface area (Å²) < 4.78 is 0. The van der Waals surface area contributed by atoms with Crippen LogP contribution < -0.4 is 10.6 Å². The number of carbonyl (C=O) groups excluding carboxylic acids is 3. The molecule has 20 heavy (non-hydrogen) atoms. The number of anilines is 1. The zero-order chi connectivity index (χ0) is 14.7. The maximum Gasteiger partial charge on any atom is 0.309 e. The molecule has 1 atom stereocenters. The van der Waals surface area contributed by atoms with Gasteiger partial charge in [-0.25, -0.2) is 4.98 Å². The molecule has 10 heteroatoms. The van der Waals surface area contributed by atoms with Crippen molar-refractivity contribution in [1.29, 1.82) is 0 Å². The van der Waals surface area contributed by atoms with Gasteiger partial charge in [0.05, 0.1) is 12.1 Å². The van der Waals surface area contributed by atoms with Crippen LogP contribution >= 0.6 is 23.1 Å². The molecule has 1 aliphatic rings. The first-order chi connectivity index (χ1) is 9.44. The number of amides is 3. The van der Waals surface area contributed by atoms with Gasteiger partial charge in [0.1, 0.15) is 5.25 Å². The third-order valence-corrected chi connectivity index (χ3v) is 4.06. The van der Waals surface area contributed by atoms with Gasteiger partial charge in [-0.2, -0.15) is 0 Å². The monoisotopic (exact) mass is 315 g/mol. The van der Waals surface area contributed by atoms with Gasteiger partial charge < -0.3 is 10.4 Å². The van der Waals surface area contributed by atoms with E-state index in [1.165, 1.54) is 5.38 Å². The lowest BCUT2D eigenvalue weighted by molar-refractivity contribution is -0.136. The summed E-state index contributed by atoms with van der Waals surface area (Å²) in [7, 11) is 0. The topological polar surface area (TPSA) is 125 Å². The molecule has 8 nitrogen and oxygen atoms in total. The number of thiazole rings is 1. The number of aliphatic carboxylic acids is 1. The Kier molecular flexibility index (Phi) is 4.35. The van der Waals surface area contributed by atoms with E-state index in [2.05, 4.69) is 15.6 Å². The Labute approximate surface area is 121 Å². The Bertz CT molecular complexity index is 585. The first-order valence-electron chi connectivity index (χ1n) is 5.41. The van der Waals surface area contributed by atoms with Crippen LogP contribution in [0.5, 0.6) is 0 Å². The molecule has 0 spiro atoms. The average molecular weight is 315 g/mol. The SMILES string of the molecule is O=C(O)Cc1csc(NC(=O)CC2SC(=O)NC2=O)n1. The fraction of sp³-hybridized carbons (Fsp3) is 0.300. The predicted molar refractivity (Wildman–Crippen MR) is 71.6 cm³/mol. The number of carboxylic acids is 1. The van der Waals surface area contributed by atoms with Crippen molar-refractivity contribution in [2.45, 2.75) is 18.1 Å². The van der Waals surface area contributed by atoms with E-state index in [1.807, 2.05) is 0 Å². The van der Waals surface area contributed by atoms with Gasteiger partial charge in [0.15, 0.2) is 5.13 Å². The van der Waals surface area contributed by atoms with Gasteiger partial charge in [-0.15, -0.1) is 11.3 Å². The normalized spacial score (nSPS) is 17.9. The first-order valence-corrected chi connectivity index (χ1v) is 7.17. The number of nitrogens with one attached hydrogen (secondary N) is 2. The van der Waals surface area contributed by atoms with E-state index in [4.69, 9.17) is 5.11 Å². The summed E-state index contributed by atoms with van der Waals surface area (Å²) in [6.07, 6.45) is -0.363. The molecule has 1 saturated heterocycles. The highest BCUT2D eigenvalue weighted by atomic mass is 32.2. The highest BCUT2D eigenvalue weighted by Crippen LogP contribution is 2.23. The van der Waals surface area contributed by atoms with Crippen molar-refractivity contribution in [2.24, 2.45) is 0 Å². The number of nitrogens with zero attached hydrogens (tertiary/aromatic N) is 1. The zero-order valence-electron chi connectivity index (χ0n) is 9.91. The van der Waals surface area contributed by atoms with Crippen molar-refractivity contribution < 1.29 is 24.3 Å². The molecular weight excluding hydrogens is 306 g/mol. The lowest BCUT2D eigenvalue weighted by Gasteiger charge is -2.04. The molecule has 1 aliphatic heterocycles. The summed E-state index contributed by atoms with van der Waals surface area (Å²) in [5, 5.41) is 13.8. The van der Waals surface area contributed by atoms with Gasteiger partial charge in [-0.3, -0.25) is 24.5 Å². The standard InChI is InChI=1S/C10H9N3O5S2/c14-6(2-5-8(17)13-10(18)20-5)12-9-11-4(3-19-9)1-7(15)16/h3,5H,1-2H2,(H,15,16)(H,11,12,14)(H,13,17,18). The van der Waals surface area contributed by atoms with Crippen molar-refractivity contribution in [2.75, 3.05) is 5.32 Å². The van der Waals surface area contributed by atoms with E-state index < -0.39 is 28.3 Å². The van der Waals surface area contributed by atoms with E-state index in [9.17, 15) is 19.2 Å². The third kappa shape index (κ3) is 3.78. The summed E-state index contributed by atoms with van der Waals surface area (Å²) in [5.41, 5.74) is 0.348. The quantitative estimate of drug-likeness (QED) is 0.720. The highest BCUT2D eigenvalue weighted by Gasteiger charge is 2.33. The van der Waals surface area contributed by atoms with Crippen molar-refractivity contribution in [3.8, 4) is 0 Å². The van der Waals surface area contributed by atoms with Crippen LogP contribution in [-0.4, -0.2) is 38.4 Å². The molecule has 1 aromatic heterocycles. The van der Waals surface area contributed by atoms with Crippen LogP contribution in [0.3, 0.4) is 0 Å². The number of aromatic nitrogens is 1. The van der Waals surface area contributed by atoms with Gasteiger partial charge >= 0.3 is 5.97 Å². The molecule has 0 bridgehead atoms. The molecule has 2 heterocycles. The van der Waals surface area contributed by atoms with Gasteiger partial charge in [-0.05, 0) is 0 Å². The molecule has 0 aliphatic carbocycles. The molecule has 0 saturated carbocycles. The van der Waals surface area contributed by atoms with E-state index >= 15 is 0 Å². The second-order valence-electron chi connectivity index (χ2n) is 3.85. The fourth-order valence-corrected chi connectivity index (χ4v) is 3.01. The Morgan fingerprint density at radius 2 is 2.20 bits per heavy atom. The molecule has 1 unspecified atom stereocenters. The Morgan fingerprint density at radius 1 is 1.45 bits per heavy atom. The number of carbonyl (C=O) groups is 4. The van der Waals surface area contributed by atoms with Crippen molar-refractivity contribution in [1.82, 2.24) is 10.3 Å². The van der Waals surface area contributed by atoms with Crippen LogP contribution in [0, 0.1) is 0 Å². The second-order valence-corrected chi connectivity index (χ2v) is 5.88. The second kappa shape index (κ2) is 6.01. The summed E-state index contributed by atoms with van der Waals surface area (Å²) in [6.45, 7) is 0. The first kappa shape index (κ1) is 14.5. The van der Waals surface area contributed by atoms with E-state index in [0.29, 0.717) is 5.69 Å². The molecule has 1 aromatic rings. The maximum absolute atomic E-state index is 11.7. The molecule has 3 N–H and O–H groups in total. The minimum absolute atomic E-state index is 0.143. The fourth-order valence-electron chi connectivity index (χ4n) is 1.47. The maximum atomic E-state index is 11.7. The number of rotatable bonds is 5. The summed E-state index contributed by atoms with van der Waals surface area (Å²) >= 11 is 1.87. The molecule has 0 aromatic carbocycles. The van der Waals surface area contributed by atoms with Gasteiger partial charge in [-0.1, -0.05) is 11.8 Å². The molecule has 2 rings (SSSR count). The van der Waals surface area contributed by atoms with Crippen LogP contribution in [-0.2, 0) is 20.8 Å². The number of imide groups is 1. The van der Waals surface area contributed by atoms with Crippen LogP contribution in [0.15, 0.2) is 5.38 Å². The summed E-state index contributed by atoms with van der Waals surface area (Å²) in [5.74, 6) is -1.95. The lowest BCUT2D eigenvalue weighted by atomic mass is 10.3. The Morgan fingerprint density at radius 3 is 2.80 bits per heavy atom. The average Bonchev–Trinajstić information content (AvgIpc) is 2.85. The van der Waals surface area contributed by atoms with E-state index in [-0.39, 0.29) is 18.0 Å². The lowest BCUT2D eigenvalue weighted by Crippen LogP contribution is -2.27. The van der Waals surface area contributed by atoms with Crippen molar-refractivity contribution in [3.05, 3.63) is 11.1 Å². The van der Waals surface area contributed by atoms with Gasteiger partial charge in [0.2, 0.25) is 11.8 Å². The molecule has 106 valence electrons. The molecule has 1 fully saturated rings. The van der Waals surface area contributed by atoms with Crippen LogP contribution in [0.1, 0.15) is 12.1 Å². The third-order valence-electron chi connectivity index (χ3n) is 2.27. The minimum atomic E-state index is -1.01. The number of hydrogen-bond acceptors (Lipinski definition) is 7.